The van der Waals surface area contributed by atoms with Gasteiger partial charge in [-0.3, -0.25) is 0 Å². The molecule has 0 amide bonds. The molecule has 1 atom stereocenters. The van der Waals surface area contributed by atoms with Crippen molar-refractivity contribution in [1.29, 1.82) is 0 Å². The van der Waals surface area contributed by atoms with Crippen LogP contribution in [0.5, 0.6) is 0 Å². The van der Waals surface area contributed by atoms with Crippen LogP contribution in [0.1, 0.15) is 34.1 Å². The van der Waals surface area contributed by atoms with Crippen molar-refractivity contribution in [2.75, 3.05) is 7.11 Å². The van der Waals surface area contributed by atoms with Crippen LogP contribution >= 0.6 is 0 Å². The molecule has 0 aromatic rings. The van der Waals surface area contributed by atoms with Crippen molar-refractivity contribution < 1.29 is 4.74 Å². The predicted octanol–water partition coefficient (Wildman–Crippen LogP) is 3.32. The van der Waals surface area contributed by atoms with E-state index in [9.17, 15) is 0 Å². The van der Waals surface area contributed by atoms with Crippen LogP contribution in [0.4, 0.5) is 0 Å². The Hall–Kier alpha value is -0.560. The summed E-state index contributed by atoms with van der Waals surface area (Å²) in [4.78, 5) is 0. The lowest BCUT2D eigenvalue weighted by Crippen LogP contribution is -2.27. The van der Waals surface area contributed by atoms with E-state index in [1.54, 1.807) is 7.11 Å². The SMILES string of the molecule is C=C(C=C(C)C)C(C)(CC)OC. The molecule has 0 saturated carbocycles. The molecule has 12 heavy (non-hydrogen) atoms. The van der Waals surface area contributed by atoms with Crippen LogP contribution in [0.25, 0.3) is 0 Å². The van der Waals surface area contributed by atoms with Crippen LogP contribution in [0.15, 0.2) is 23.8 Å². The van der Waals surface area contributed by atoms with Gasteiger partial charge < -0.3 is 4.74 Å². The minimum absolute atomic E-state index is 0.197. The second-order valence-electron chi connectivity index (χ2n) is 3.54. The van der Waals surface area contributed by atoms with Crippen molar-refractivity contribution >= 4 is 0 Å². The number of methoxy groups -OCH3 is 1. The van der Waals surface area contributed by atoms with E-state index < -0.39 is 0 Å². The summed E-state index contributed by atoms with van der Waals surface area (Å²) >= 11 is 0. The molecule has 70 valence electrons. The van der Waals surface area contributed by atoms with Gasteiger partial charge in [0, 0.05) is 7.11 Å². The first-order chi connectivity index (χ1) is 5.46. The van der Waals surface area contributed by atoms with Gasteiger partial charge in [-0.05, 0) is 32.8 Å². The number of ether oxygens (including phenoxy) is 1. The van der Waals surface area contributed by atoms with E-state index in [0.717, 1.165) is 12.0 Å². The Morgan fingerprint density at radius 2 is 2.00 bits per heavy atom. The number of hydrogen-bond donors (Lipinski definition) is 0. The summed E-state index contributed by atoms with van der Waals surface area (Å²) in [5, 5.41) is 0. The molecular formula is C11H20O. The fourth-order valence-electron chi connectivity index (χ4n) is 1.00. The van der Waals surface area contributed by atoms with Crippen molar-refractivity contribution in [2.24, 2.45) is 0 Å². The highest BCUT2D eigenvalue weighted by Gasteiger charge is 2.22. The largest absolute Gasteiger partial charge is 0.374 e. The third-order valence-corrected chi connectivity index (χ3v) is 2.27. The zero-order valence-corrected chi connectivity index (χ0v) is 8.90. The van der Waals surface area contributed by atoms with Crippen LogP contribution in [0, 0.1) is 0 Å². The van der Waals surface area contributed by atoms with Crippen molar-refractivity contribution in [3.8, 4) is 0 Å². The molecule has 0 bridgehead atoms. The second kappa shape index (κ2) is 4.46. The predicted molar refractivity (Wildman–Crippen MR) is 54.3 cm³/mol. The van der Waals surface area contributed by atoms with Crippen LogP contribution in [-0.2, 0) is 4.74 Å². The molecule has 0 fully saturated rings. The molecule has 0 aromatic heterocycles. The molecule has 1 heteroatoms. The van der Waals surface area contributed by atoms with Crippen molar-refractivity contribution in [3.05, 3.63) is 23.8 Å². The summed E-state index contributed by atoms with van der Waals surface area (Å²) in [6.45, 7) is 12.3. The average Bonchev–Trinajstić information content (AvgIpc) is 2.02. The van der Waals surface area contributed by atoms with E-state index in [0.29, 0.717) is 0 Å². The summed E-state index contributed by atoms with van der Waals surface area (Å²) in [5.74, 6) is 0. The van der Waals surface area contributed by atoms with Crippen molar-refractivity contribution in [1.82, 2.24) is 0 Å². The normalized spacial score (nSPS) is 15.1. The van der Waals surface area contributed by atoms with Gasteiger partial charge >= 0.3 is 0 Å². The molecule has 0 aliphatic carbocycles. The fraction of sp³-hybridized carbons (Fsp3) is 0.636. The highest BCUT2D eigenvalue weighted by Crippen LogP contribution is 2.24. The highest BCUT2D eigenvalue weighted by molar-refractivity contribution is 5.27. The molecule has 0 N–H and O–H groups in total. The van der Waals surface area contributed by atoms with E-state index >= 15 is 0 Å². The molecule has 0 saturated heterocycles. The Balaban J connectivity index is 4.54. The molecular weight excluding hydrogens is 148 g/mol. The number of hydrogen-bond acceptors (Lipinski definition) is 1. The Morgan fingerprint density at radius 1 is 1.50 bits per heavy atom. The van der Waals surface area contributed by atoms with Gasteiger partial charge in [-0.25, -0.2) is 0 Å². The zero-order chi connectivity index (χ0) is 9.78. The maximum Gasteiger partial charge on any atom is 0.0891 e. The van der Waals surface area contributed by atoms with Crippen LogP contribution < -0.4 is 0 Å². The smallest absolute Gasteiger partial charge is 0.0891 e. The molecule has 1 nitrogen and oxygen atoms in total. The van der Waals surface area contributed by atoms with Crippen molar-refractivity contribution in [2.45, 2.75) is 39.7 Å². The molecule has 0 aromatic carbocycles. The van der Waals surface area contributed by atoms with Gasteiger partial charge in [-0.15, -0.1) is 0 Å². The molecule has 1 unspecified atom stereocenters. The van der Waals surface area contributed by atoms with Gasteiger partial charge in [-0.1, -0.05) is 25.2 Å². The summed E-state index contributed by atoms with van der Waals surface area (Å²) in [7, 11) is 1.73. The molecule has 0 spiro atoms. The first kappa shape index (κ1) is 11.4. The summed E-state index contributed by atoms with van der Waals surface area (Å²) < 4.78 is 5.41. The van der Waals surface area contributed by atoms with E-state index in [1.807, 2.05) is 0 Å². The number of rotatable bonds is 4. The molecule has 0 rings (SSSR count). The zero-order valence-electron chi connectivity index (χ0n) is 8.90. The Bertz CT molecular complexity index is 181. The lowest BCUT2D eigenvalue weighted by atomic mass is 9.93. The van der Waals surface area contributed by atoms with E-state index in [1.165, 1.54) is 5.57 Å². The second-order valence-corrected chi connectivity index (χ2v) is 3.54. The van der Waals surface area contributed by atoms with Crippen molar-refractivity contribution in [3.63, 3.8) is 0 Å². The summed E-state index contributed by atoms with van der Waals surface area (Å²) in [6, 6.07) is 0. The van der Waals surface area contributed by atoms with Gasteiger partial charge in [0.15, 0.2) is 0 Å². The summed E-state index contributed by atoms with van der Waals surface area (Å²) in [5.41, 5.74) is 2.11. The van der Waals surface area contributed by atoms with Gasteiger partial charge in [-0.2, -0.15) is 0 Å². The van der Waals surface area contributed by atoms with Gasteiger partial charge in [0.1, 0.15) is 0 Å². The third kappa shape index (κ3) is 2.82. The molecule has 0 heterocycles. The Kier molecular flexibility index (Phi) is 4.25. The van der Waals surface area contributed by atoms with Crippen LogP contribution in [-0.4, -0.2) is 12.7 Å². The lowest BCUT2D eigenvalue weighted by Gasteiger charge is -2.27. The maximum absolute atomic E-state index is 5.41. The topological polar surface area (TPSA) is 9.23 Å². The molecule has 0 aliphatic rings. The molecule has 0 aliphatic heterocycles. The minimum Gasteiger partial charge on any atom is -0.374 e. The first-order valence-electron chi connectivity index (χ1n) is 4.35. The van der Waals surface area contributed by atoms with Gasteiger partial charge in [0.05, 0.1) is 5.60 Å². The van der Waals surface area contributed by atoms with Crippen LogP contribution in [0.3, 0.4) is 0 Å². The Labute approximate surface area is 76.1 Å². The highest BCUT2D eigenvalue weighted by atomic mass is 16.5. The van der Waals surface area contributed by atoms with E-state index in [2.05, 4.69) is 40.3 Å². The number of allylic oxidation sites excluding steroid dienone is 1. The van der Waals surface area contributed by atoms with E-state index in [4.69, 9.17) is 4.74 Å². The fourth-order valence-corrected chi connectivity index (χ4v) is 1.00. The minimum atomic E-state index is -0.197. The van der Waals surface area contributed by atoms with Gasteiger partial charge in [0.2, 0.25) is 0 Å². The maximum atomic E-state index is 5.41. The monoisotopic (exact) mass is 168 g/mol. The van der Waals surface area contributed by atoms with Gasteiger partial charge in [0.25, 0.3) is 0 Å². The first-order valence-corrected chi connectivity index (χ1v) is 4.35. The quantitative estimate of drug-likeness (QED) is 0.585. The standard InChI is InChI=1S/C11H20O/c1-7-11(5,12-6)10(4)8-9(2)3/h8H,4,7H2,1-3,5-6H3. The third-order valence-electron chi connectivity index (χ3n) is 2.27. The Morgan fingerprint density at radius 3 is 2.25 bits per heavy atom. The summed E-state index contributed by atoms with van der Waals surface area (Å²) in [6.07, 6.45) is 3.03. The lowest BCUT2D eigenvalue weighted by molar-refractivity contribution is 0.0384. The van der Waals surface area contributed by atoms with E-state index in [-0.39, 0.29) is 5.60 Å². The van der Waals surface area contributed by atoms with Crippen LogP contribution in [0.2, 0.25) is 0 Å². The average molecular weight is 168 g/mol. The molecule has 0 radical (unpaired) electrons.